The summed E-state index contributed by atoms with van der Waals surface area (Å²) in [5, 5.41) is 8.18. The summed E-state index contributed by atoms with van der Waals surface area (Å²) in [5.41, 5.74) is 2.78. The number of anilines is 3. The van der Waals surface area contributed by atoms with E-state index in [2.05, 4.69) is 26.6 Å². The third-order valence-electron chi connectivity index (χ3n) is 4.19. The largest absolute Gasteiger partial charge is 0.383 e. The summed E-state index contributed by atoms with van der Waals surface area (Å²) in [6.45, 7) is 2.11. The number of ether oxygens (including phenoxy) is 1. The van der Waals surface area contributed by atoms with Gasteiger partial charge in [0.25, 0.3) is 5.91 Å². The lowest BCUT2D eigenvalue weighted by Gasteiger charge is -2.17. The predicted octanol–water partition coefficient (Wildman–Crippen LogP) is 4.09. The highest BCUT2D eigenvalue weighted by Gasteiger charge is 2.07. The van der Waals surface area contributed by atoms with Crippen LogP contribution in [0.1, 0.15) is 15.2 Å². The Morgan fingerprint density at radius 1 is 1.18 bits per heavy atom. The molecule has 7 heteroatoms. The molecule has 2 N–H and O–H groups in total. The minimum absolute atomic E-state index is 0.0930. The molecule has 0 radical (unpaired) electrons. The Hall–Kier alpha value is -2.90. The Kier molecular flexibility index (Phi) is 7.00. The fraction of sp³-hybridized carbons (Fsp3) is 0.238. The number of rotatable bonds is 9. The number of nitrogens with zero attached hydrogens (tertiary/aromatic N) is 2. The number of carbonyl (C=O) groups is 1. The highest BCUT2D eigenvalue weighted by Crippen LogP contribution is 2.18. The zero-order chi connectivity index (χ0) is 19.8. The van der Waals surface area contributed by atoms with E-state index < -0.39 is 0 Å². The summed E-state index contributed by atoms with van der Waals surface area (Å²) in [7, 11) is 3.69. The van der Waals surface area contributed by atoms with Gasteiger partial charge in [-0.15, -0.1) is 11.3 Å². The quantitative estimate of drug-likeness (QED) is 0.570. The maximum atomic E-state index is 12.2. The van der Waals surface area contributed by atoms with Crippen LogP contribution in [0.3, 0.4) is 0 Å². The van der Waals surface area contributed by atoms with Gasteiger partial charge < -0.3 is 20.3 Å². The molecule has 0 aliphatic rings. The highest BCUT2D eigenvalue weighted by molar-refractivity contribution is 7.12. The number of thiophene rings is 1. The Bertz CT molecular complexity index is 882. The zero-order valence-electron chi connectivity index (χ0n) is 16.0. The molecule has 0 aliphatic carbocycles. The molecule has 1 aromatic carbocycles. The van der Waals surface area contributed by atoms with Crippen molar-refractivity contribution in [2.75, 3.05) is 42.8 Å². The first kappa shape index (κ1) is 19.9. The predicted molar refractivity (Wildman–Crippen MR) is 115 cm³/mol. The lowest BCUT2D eigenvalue weighted by Crippen LogP contribution is -2.22. The van der Waals surface area contributed by atoms with Gasteiger partial charge in [-0.3, -0.25) is 4.79 Å². The van der Waals surface area contributed by atoms with Gasteiger partial charge in [0, 0.05) is 44.8 Å². The molecule has 6 nitrogen and oxygen atoms in total. The van der Waals surface area contributed by atoms with Crippen LogP contribution in [0.5, 0.6) is 0 Å². The molecule has 2 heterocycles. The van der Waals surface area contributed by atoms with Crippen molar-refractivity contribution in [3.8, 4) is 0 Å². The highest BCUT2D eigenvalue weighted by atomic mass is 32.1. The third-order valence-corrected chi connectivity index (χ3v) is 5.06. The number of methoxy groups -OCH3 is 1. The van der Waals surface area contributed by atoms with E-state index in [1.807, 2.05) is 61.1 Å². The summed E-state index contributed by atoms with van der Waals surface area (Å²) >= 11 is 1.42. The molecule has 0 saturated carbocycles. The first-order valence-electron chi connectivity index (χ1n) is 8.99. The molecule has 0 spiro atoms. The number of benzene rings is 1. The average molecular weight is 397 g/mol. The number of nitrogens with one attached hydrogen (secondary N) is 2. The van der Waals surface area contributed by atoms with Gasteiger partial charge in [-0.1, -0.05) is 18.2 Å². The van der Waals surface area contributed by atoms with Crippen LogP contribution in [0.25, 0.3) is 0 Å². The van der Waals surface area contributed by atoms with Crippen LogP contribution in [-0.4, -0.2) is 38.2 Å². The van der Waals surface area contributed by atoms with Crippen molar-refractivity contribution in [3.63, 3.8) is 0 Å². The summed E-state index contributed by atoms with van der Waals surface area (Å²) in [5.74, 6) is 0.823. The maximum Gasteiger partial charge on any atom is 0.265 e. The van der Waals surface area contributed by atoms with Gasteiger partial charge in [-0.2, -0.15) is 0 Å². The van der Waals surface area contributed by atoms with Gasteiger partial charge in [0.15, 0.2) is 0 Å². The van der Waals surface area contributed by atoms with Gasteiger partial charge in [-0.05, 0) is 41.3 Å². The maximum absolute atomic E-state index is 12.2. The molecular formula is C21H24N4O2S. The van der Waals surface area contributed by atoms with E-state index in [-0.39, 0.29) is 5.91 Å². The van der Waals surface area contributed by atoms with E-state index in [9.17, 15) is 4.79 Å². The Morgan fingerprint density at radius 3 is 2.75 bits per heavy atom. The van der Waals surface area contributed by atoms with Crippen LogP contribution < -0.4 is 15.5 Å². The van der Waals surface area contributed by atoms with Gasteiger partial charge in [-0.25, -0.2) is 4.98 Å². The number of likely N-dealkylation sites (N-methyl/N-ethyl adjacent to an activating group) is 1. The van der Waals surface area contributed by atoms with Crippen molar-refractivity contribution < 1.29 is 9.53 Å². The van der Waals surface area contributed by atoms with Gasteiger partial charge in [0.2, 0.25) is 0 Å². The zero-order valence-corrected chi connectivity index (χ0v) is 16.8. The van der Waals surface area contributed by atoms with Crippen molar-refractivity contribution in [1.82, 2.24) is 4.98 Å². The minimum Gasteiger partial charge on any atom is -0.383 e. The standard InChI is InChI=1S/C21H24N4O2S/c1-25(10-11-27-2)20-9-8-16(15-23-20)14-22-17-5-3-6-18(13-17)24-21(26)19-7-4-12-28-19/h3-9,12-13,15,22H,10-11,14H2,1-2H3,(H,24,26). The number of pyridine rings is 1. The molecule has 3 aromatic rings. The molecule has 0 atom stereocenters. The van der Waals surface area contributed by atoms with Crippen molar-refractivity contribution in [3.05, 3.63) is 70.5 Å². The summed E-state index contributed by atoms with van der Waals surface area (Å²) in [6.07, 6.45) is 1.87. The Labute approximate surface area is 169 Å². The Morgan fingerprint density at radius 2 is 2.04 bits per heavy atom. The van der Waals surface area contributed by atoms with Gasteiger partial charge in [0.05, 0.1) is 11.5 Å². The molecule has 0 saturated heterocycles. The molecule has 0 unspecified atom stereocenters. The molecule has 0 fully saturated rings. The van der Waals surface area contributed by atoms with Crippen molar-refractivity contribution in [1.29, 1.82) is 0 Å². The normalized spacial score (nSPS) is 10.5. The SMILES string of the molecule is COCCN(C)c1ccc(CNc2cccc(NC(=O)c3cccs3)c2)cn1. The summed E-state index contributed by atoms with van der Waals surface area (Å²) in [4.78, 5) is 19.4. The van der Waals surface area contributed by atoms with E-state index in [1.54, 1.807) is 7.11 Å². The van der Waals surface area contributed by atoms with Crippen LogP contribution in [0, 0.1) is 0 Å². The molecular weight excluding hydrogens is 372 g/mol. The molecule has 0 aliphatic heterocycles. The van der Waals surface area contributed by atoms with E-state index in [1.165, 1.54) is 11.3 Å². The molecule has 1 amide bonds. The summed E-state index contributed by atoms with van der Waals surface area (Å²) < 4.78 is 5.09. The molecule has 146 valence electrons. The van der Waals surface area contributed by atoms with Crippen molar-refractivity contribution in [2.45, 2.75) is 6.54 Å². The smallest absolute Gasteiger partial charge is 0.265 e. The molecule has 2 aromatic heterocycles. The number of amides is 1. The van der Waals surface area contributed by atoms with E-state index in [0.29, 0.717) is 18.0 Å². The van der Waals surface area contributed by atoms with E-state index >= 15 is 0 Å². The lowest BCUT2D eigenvalue weighted by atomic mass is 10.2. The van der Waals surface area contributed by atoms with Crippen LogP contribution in [-0.2, 0) is 11.3 Å². The second-order valence-corrected chi connectivity index (χ2v) is 7.25. The van der Waals surface area contributed by atoms with Crippen LogP contribution in [0.4, 0.5) is 17.2 Å². The number of aromatic nitrogens is 1. The number of hydrogen-bond acceptors (Lipinski definition) is 6. The molecule has 0 bridgehead atoms. The van der Waals surface area contributed by atoms with Gasteiger partial charge in [0.1, 0.15) is 5.82 Å². The minimum atomic E-state index is -0.0930. The second-order valence-electron chi connectivity index (χ2n) is 6.30. The lowest BCUT2D eigenvalue weighted by molar-refractivity contribution is 0.103. The number of hydrogen-bond donors (Lipinski definition) is 2. The van der Waals surface area contributed by atoms with Crippen LogP contribution in [0.2, 0.25) is 0 Å². The van der Waals surface area contributed by atoms with E-state index in [0.717, 1.165) is 29.3 Å². The fourth-order valence-electron chi connectivity index (χ4n) is 2.60. The third kappa shape index (κ3) is 5.55. The fourth-order valence-corrected chi connectivity index (χ4v) is 3.22. The van der Waals surface area contributed by atoms with Crippen molar-refractivity contribution in [2.24, 2.45) is 0 Å². The average Bonchev–Trinajstić information content (AvgIpc) is 3.26. The monoisotopic (exact) mass is 396 g/mol. The Balaban J connectivity index is 1.55. The second kappa shape index (κ2) is 9.87. The van der Waals surface area contributed by atoms with Crippen LogP contribution >= 0.6 is 11.3 Å². The first-order chi connectivity index (χ1) is 13.7. The molecule has 28 heavy (non-hydrogen) atoms. The van der Waals surface area contributed by atoms with E-state index in [4.69, 9.17) is 4.74 Å². The van der Waals surface area contributed by atoms with Crippen LogP contribution in [0.15, 0.2) is 60.1 Å². The van der Waals surface area contributed by atoms with Gasteiger partial charge >= 0.3 is 0 Å². The topological polar surface area (TPSA) is 66.5 Å². The van der Waals surface area contributed by atoms with Crippen molar-refractivity contribution >= 4 is 34.4 Å². The summed E-state index contributed by atoms with van der Waals surface area (Å²) in [6, 6.07) is 15.4. The molecule has 3 rings (SSSR count). The first-order valence-corrected chi connectivity index (χ1v) is 9.87. The number of carbonyl (C=O) groups excluding carboxylic acids is 1.